The largest absolute Gasteiger partial charge is 0.467 e. The lowest BCUT2D eigenvalue weighted by atomic mass is 10.1. The minimum atomic E-state index is -0.322. The van der Waals surface area contributed by atoms with E-state index in [2.05, 4.69) is 5.43 Å². The molecule has 5 nitrogen and oxygen atoms in total. The fraction of sp³-hybridized carbons (Fsp3) is 0.222. The van der Waals surface area contributed by atoms with Crippen LogP contribution >= 0.6 is 35.6 Å². The number of thiocarbonyl (C=S) groups is 1. The number of nitrogens with zero attached hydrogens (tertiary/aromatic N) is 2. The zero-order valence-corrected chi connectivity index (χ0v) is 16.7. The number of hydrazine groups is 1. The molecule has 1 aromatic carbocycles. The van der Waals surface area contributed by atoms with Crippen LogP contribution in [0.1, 0.15) is 17.4 Å². The molecule has 0 aliphatic carbocycles. The molecule has 2 heterocycles. The number of furan rings is 1. The van der Waals surface area contributed by atoms with Crippen LogP contribution in [0.2, 0.25) is 5.02 Å². The van der Waals surface area contributed by atoms with Crippen molar-refractivity contribution in [3.05, 3.63) is 65.1 Å². The van der Waals surface area contributed by atoms with Gasteiger partial charge in [-0.25, -0.2) is 5.01 Å². The molecule has 2 aromatic rings. The predicted molar refractivity (Wildman–Crippen MR) is 110 cm³/mol. The molecule has 1 amide bonds. The third-order valence-corrected chi connectivity index (χ3v) is 5.76. The third kappa shape index (κ3) is 4.23. The van der Waals surface area contributed by atoms with E-state index < -0.39 is 0 Å². The first-order valence-electron chi connectivity index (χ1n) is 7.89. The van der Waals surface area contributed by atoms with Gasteiger partial charge in [-0.3, -0.25) is 10.2 Å². The normalized spacial score (nSPS) is 16.2. The molecule has 1 atom stereocenters. The molecule has 0 bridgehead atoms. The number of hydrogen-bond acceptors (Lipinski definition) is 5. The van der Waals surface area contributed by atoms with Gasteiger partial charge in [-0.2, -0.15) is 0 Å². The second-order valence-electron chi connectivity index (χ2n) is 5.87. The Morgan fingerprint density at radius 3 is 2.69 bits per heavy atom. The number of carbonyl (C=O) groups is 1. The Bertz CT molecular complexity index is 819. The molecule has 1 aliphatic rings. The van der Waals surface area contributed by atoms with E-state index >= 15 is 0 Å². The first-order chi connectivity index (χ1) is 12.5. The molecular weight excluding hydrogens is 390 g/mol. The van der Waals surface area contributed by atoms with Gasteiger partial charge in [0, 0.05) is 19.1 Å². The number of amides is 1. The number of thioether (sulfide) groups is 1. The van der Waals surface area contributed by atoms with Gasteiger partial charge < -0.3 is 9.32 Å². The van der Waals surface area contributed by atoms with E-state index in [-0.39, 0.29) is 17.7 Å². The van der Waals surface area contributed by atoms with Crippen LogP contribution < -0.4 is 5.43 Å². The Morgan fingerprint density at radius 2 is 2.08 bits per heavy atom. The van der Waals surface area contributed by atoms with Crippen molar-refractivity contribution in [3.8, 4) is 0 Å². The van der Waals surface area contributed by atoms with E-state index in [1.807, 2.05) is 61.5 Å². The number of halogens is 1. The van der Waals surface area contributed by atoms with Gasteiger partial charge in [0.25, 0.3) is 5.91 Å². The third-order valence-electron chi connectivity index (χ3n) is 3.79. The average Bonchev–Trinajstić information content (AvgIpc) is 3.29. The Morgan fingerprint density at radius 1 is 1.35 bits per heavy atom. The van der Waals surface area contributed by atoms with Crippen LogP contribution in [0.25, 0.3) is 5.70 Å². The van der Waals surface area contributed by atoms with Gasteiger partial charge in [0.15, 0.2) is 0 Å². The summed E-state index contributed by atoms with van der Waals surface area (Å²) in [4.78, 5) is 14.6. The first kappa shape index (κ1) is 18.8. The van der Waals surface area contributed by atoms with Gasteiger partial charge in [0.2, 0.25) is 0 Å². The van der Waals surface area contributed by atoms with E-state index in [4.69, 9.17) is 28.2 Å². The smallest absolute Gasteiger partial charge is 0.252 e. The van der Waals surface area contributed by atoms with Gasteiger partial charge in [-0.05, 0) is 35.9 Å². The number of carbonyl (C=O) groups excluding carboxylic acids is 1. The van der Waals surface area contributed by atoms with E-state index in [9.17, 15) is 4.79 Å². The van der Waals surface area contributed by atoms with Crippen LogP contribution in [-0.4, -0.2) is 40.0 Å². The topological polar surface area (TPSA) is 48.7 Å². The van der Waals surface area contributed by atoms with Crippen LogP contribution in [0.5, 0.6) is 0 Å². The van der Waals surface area contributed by atoms with Crippen LogP contribution in [0.15, 0.2) is 53.2 Å². The zero-order valence-electron chi connectivity index (χ0n) is 14.3. The van der Waals surface area contributed by atoms with Crippen LogP contribution in [-0.2, 0) is 4.79 Å². The number of benzene rings is 1. The van der Waals surface area contributed by atoms with Crippen molar-refractivity contribution in [2.75, 3.05) is 19.8 Å². The van der Waals surface area contributed by atoms with Crippen molar-refractivity contribution in [3.63, 3.8) is 0 Å². The molecule has 0 radical (unpaired) electrons. The molecule has 8 heteroatoms. The lowest BCUT2D eigenvalue weighted by Gasteiger charge is -2.24. The van der Waals surface area contributed by atoms with Crippen molar-refractivity contribution in [1.29, 1.82) is 0 Å². The summed E-state index contributed by atoms with van der Waals surface area (Å²) < 4.78 is 6.19. The van der Waals surface area contributed by atoms with Gasteiger partial charge >= 0.3 is 0 Å². The summed E-state index contributed by atoms with van der Waals surface area (Å²) in [6.07, 6.45) is 3.57. The van der Waals surface area contributed by atoms with Gasteiger partial charge in [0.1, 0.15) is 16.1 Å². The molecule has 3 rings (SSSR count). The monoisotopic (exact) mass is 407 g/mol. The highest BCUT2D eigenvalue weighted by Gasteiger charge is 2.32. The average molecular weight is 408 g/mol. The SMILES string of the molecule is CN(C)C(=S)SCC(=O)N1NC(c2ccc(Cl)cc2)=C[C@@H]1c1ccco1. The second-order valence-corrected chi connectivity index (χ2v) is 7.92. The highest BCUT2D eigenvalue weighted by molar-refractivity contribution is 8.23. The molecule has 0 spiro atoms. The maximum atomic E-state index is 12.8. The minimum Gasteiger partial charge on any atom is -0.467 e. The van der Waals surface area contributed by atoms with Gasteiger partial charge in [-0.15, -0.1) is 0 Å². The molecule has 1 aromatic heterocycles. The standard InChI is InChI=1S/C18H18ClN3O2S2/c1-21(2)18(25)26-11-17(23)22-15(16-4-3-9-24-16)10-14(20-22)12-5-7-13(19)8-6-12/h3-10,15,20H,11H2,1-2H3/t15-/m1/s1. The molecule has 1 N–H and O–H groups in total. The Labute approximate surface area is 166 Å². The number of hydrogen-bond donors (Lipinski definition) is 1. The van der Waals surface area contributed by atoms with Crippen molar-refractivity contribution < 1.29 is 9.21 Å². The van der Waals surface area contributed by atoms with Crippen molar-refractivity contribution in [1.82, 2.24) is 15.3 Å². The highest BCUT2D eigenvalue weighted by Crippen LogP contribution is 2.32. The summed E-state index contributed by atoms with van der Waals surface area (Å²) in [6, 6.07) is 10.8. The van der Waals surface area contributed by atoms with E-state index in [0.717, 1.165) is 11.3 Å². The molecule has 0 unspecified atom stereocenters. The van der Waals surface area contributed by atoms with E-state index in [1.165, 1.54) is 11.8 Å². The van der Waals surface area contributed by atoms with Crippen LogP contribution in [0, 0.1) is 0 Å². The summed E-state index contributed by atoms with van der Waals surface area (Å²) >= 11 is 12.5. The van der Waals surface area contributed by atoms with Gasteiger partial charge in [-0.1, -0.05) is 47.7 Å². The summed E-state index contributed by atoms with van der Waals surface area (Å²) in [5, 5.41) is 2.24. The molecule has 0 saturated carbocycles. The number of nitrogens with one attached hydrogen (secondary N) is 1. The summed E-state index contributed by atoms with van der Waals surface area (Å²) in [5.41, 5.74) is 4.96. The second kappa shape index (κ2) is 8.16. The molecule has 1 aliphatic heterocycles. The zero-order chi connectivity index (χ0) is 18.7. The fourth-order valence-corrected chi connectivity index (χ4v) is 3.41. The summed E-state index contributed by atoms with van der Waals surface area (Å²) in [7, 11) is 3.72. The Hall–Kier alpha value is -1.96. The molecule has 0 saturated heterocycles. The maximum absolute atomic E-state index is 12.8. The molecule has 0 fully saturated rings. The quantitative estimate of drug-likeness (QED) is 0.774. The molecular formula is C18H18ClN3O2S2. The first-order valence-corrected chi connectivity index (χ1v) is 9.67. The predicted octanol–water partition coefficient (Wildman–Crippen LogP) is 3.94. The maximum Gasteiger partial charge on any atom is 0.252 e. The fourth-order valence-electron chi connectivity index (χ4n) is 2.47. The Balaban J connectivity index is 1.79. The summed E-state index contributed by atoms with van der Waals surface area (Å²) in [6.45, 7) is 0. The lowest BCUT2D eigenvalue weighted by Crippen LogP contribution is -2.41. The van der Waals surface area contributed by atoms with Crippen LogP contribution in [0.3, 0.4) is 0 Å². The van der Waals surface area contributed by atoms with Crippen molar-refractivity contribution in [2.24, 2.45) is 0 Å². The minimum absolute atomic E-state index is 0.0826. The van der Waals surface area contributed by atoms with Crippen molar-refractivity contribution in [2.45, 2.75) is 6.04 Å². The lowest BCUT2D eigenvalue weighted by molar-refractivity contribution is -0.131. The van der Waals surface area contributed by atoms with E-state index in [1.54, 1.807) is 11.3 Å². The van der Waals surface area contributed by atoms with Crippen LogP contribution in [0.4, 0.5) is 0 Å². The van der Waals surface area contributed by atoms with Crippen molar-refractivity contribution >= 4 is 51.5 Å². The van der Waals surface area contributed by atoms with Gasteiger partial charge in [0.05, 0.1) is 17.7 Å². The Kier molecular flexibility index (Phi) is 5.90. The molecule has 26 heavy (non-hydrogen) atoms. The molecule has 136 valence electrons. The number of rotatable bonds is 4. The van der Waals surface area contributed by atoms with E-state index in [0.29, 0.717) is 15.1 Å². The highest BCUT2D eigenvalue weighted by atomic mass is 35.5. The summed E-state index contributed by atoms with van der Waals surface area (Å²) in [5.74, 6) is 0.846.